The van der Waals surface area contributed by atoms with E-state index >= 15 is 0 Å². The number of hydrogen-bond acceptors (Lipinski definition) is 2. The topological polar surface area (TPSA) is 21.3 Å². The van der Waals surface area contributed by atoms with Crippen LogP contribution in [0.4, 0.5) is 0 Å². The molecule has 1 unspecified atom stereocenters. The summed E-state index contributed by atoms with van der Waals surface area (Å²) < 4.78 is 5.44. The van der Waals surface area contributed by atoms with Crippen LogP contribution in [-0.4, -0.2) is 25.8 Å². The first-order chi connectivity index (χ1) is 6.20. The van der Waals surface area contributed by atoms with Crippen molar-refractivity contribution in [3.05, 3.63) is 0 Å². The van der Waals surface area contributed by atoms with Crippen molar-refractivity contribution in [1.29, 1.82) is 0 Å². The van der Waals surface area contributed by atoms with E-state index < -0.39 is 0 Å². The van der Waals surface area contributed by atoms with Gasteiger partial charge in [-0.05, 0) is 19.3 Å². The zero-order valence-corrected chi connectivity index (χ0v) is 9.60. The molecule has 0 aliphatic carbocycles. The molecule has 0 bridgehead atoms. The van der Waals surface area contributed by atoms with Gasteiger partial charge < -0.3 is 10.1 Å². The molecule has 0 saturated heterocycles. The van der Waals surface area contributed by atoms with Gasteiger partial charge in [-0.1, -0.05) is 27.2 Å². The van der Waals surface area contributed by atoms with Crippen LogP contribution in [-0.2, 0) is 4.74 Å². The molecule has 0 amide bonds. The molecule has 0 rings (SSSR count). The molecule has 0 aliphatic heterocycles. The van der Waals surface area contributed by atoms with Crippen LogP contribution < -0.4 is 5.32 Å². The lowest BCUT2D eigenvalue weighted by Gasteiger charge is -2.18. The van der Waals surface area contributed by atoms with Crippen LogP contribution in [0.3, 0.4) is 0 Å². The Bertz CT molecular complexity index is 104. The Morgan fingerprint density at radius 3 is 2.38 bits per heavy atom. The average Bonchev–Trinajstić information content (AvgIpc) is 2.09. The van der Waals surface area contributed by atoms with Crippen molar-refractivity contribution >= 4 is 0 Å². The van der Waals surface area contributed by atoms with Crippen LogP contribution in [0, 0.1) is 5.92 Å². The molecule has 13 heavy (non-hydrogen) atoms. The number of ether oxygens (including phenoxy) is 1. The van der Waals surface area contributed by atoms with Gasteiger partial charge in [0.25, 0.3) is 0 Å². The number of nitrogens with one attached hydrogen (secondary N) is 1. The second kappa shape index (κ2) is 8.52. The quantitative estimate of drug-likeness (QED) is 0.630. The standard InChI is InChI=1S/C11H25NO/c1-5-7-11(9-13-6-2)8-12-10(3)4/h10-12H,5-9H2,1-4H3. The molecule has 0 fully saturated rings. The van der Waals surface area contributed by atoms with E-state index in [0.29, 0.717) is 12.0 Å². The summed E-state index contributed by atoms with van der Waals surface area (Å²) in [6.07, 6.45) is 2.51. The van der Waals surface area contributed by atoms with Gasteiger partial charge in [0.1, 0.15) is 0 Å². The Hall–Kier alpha value is -0.0800. The van der Waals surface area contributed by atoms with Gasteiger partial charge in [0.05, 0.1) is 6.61 Å². The van der Waals surface area contributed by atoms with Crippen molar-refractivity contribution in [1.82, 2.24) is 5.32 Å². The van der Waals surface area contributed by atoms with Gasteiger partial charge in [0, 0.05) is 19.2 Å². The highest BCUT2D eigenvalue weighted by Crippen LogP contribution is 2.05. The summed E-state index contributed by atoms with van der Waals surface area (Å²) in [6, 6.07) is 0.584. The molecule has 0 aromatic carbocycles. The first-order valence-electron chi connectivity index (χ1n) is 5.51. The number of rotatable bonds is 8. The largest absolute Gasteiger partial charge is 0.381 e. The van der Waals surface area contributed by atoms with Gasteiger partial charge in [-0.25, -0.2) is 0 Å². The molecule has 2 nitrogen and oxygen atoms in total. The SMILES string of the molecule is CCCC(CNC(C)C)COCC. The van der Waals surface area contributed by atoms with Crippen molar-refractivity contribution in [2.75, 3.05) is 19.8 Å². The molecule has 0 saturated carbocycles. The third kappa shape index (κ3) is 8.26. The molecule has 0 radical (unpaired) electrons. The maximum Gasteiger partial charge on any atom is 0.0506 e. The van der Waals surface area contributed by atoms with Gasteiger partial charge in [-0.3, -0.25) is 0 Å². The van der Waals surface area contributed by atoms with Crippen LogP contribution in [0.1, 0.15) is 40.5 Å². The molecule has 2 heteroatoms. The van der Waals surface area contributed by atoms with Crippen LogP contribution in [0.15, 0.2) is 0 Å². The van der Waals surface area contributed by atoms with Crippen molar-refractivity contribution in [2.24, 2.45) is 5.92 Å². The maximum atomic E-state index is 5.44. The third-order valence-electron chi connectivity index (χ3n) is 2.07. The Morgan fingerprint density at radius 2 is 1.92 bits per heavy atom. The van der Waals surface area contributed by atoms with Crippen molar-refractivity contribution in [3.8, 4) is 0 Å². The highest BCUT2D eigenvalue weighted by atomic mass is 16.5. The highest BCUT2D eigenvalue weighted by Gasteiger charge is 2.07. The van der Waals surface area contributed by atoms with Crippen LogP contribution in [0.5, 0.6) is 0 Å². The minimum Gasteiger partial charge on any atom is -0.381 e. The van der Waals surface area contributed by atoms with Crippen LogP contribution in [0.25, 0.3) is 0 Å². The summed E-state index contributed by atoms with van der Waals surface area (Å²) in [5.41, 5.74) is 0. The zero-order valence-electron chi connectivity index (χ0n) is 9.60. The lowest BCUT2D eigenvalue weighted by atomic mass is 10.0. The summed E-state index contributed by atoms with van der Waals surface area (Å²) in [5.74, 6) is 0.687. The lowest BCUT2D eigenvalue weighted by Crippen LogP contribution is -2.31. The minimum atomic E-state index is 0.584. The molecular formula is C11H25NO. The molecule has 80 valence electrons. The normalized spacial score (nSPS) is 13.6. The Labute approximate surface area is 83.1 Å². The second-order valence-corrected chi connectivity index (χ2v) is 3.88. The van der Waals surface area contributed by atoms with Gasteiger partial charge >= 0.3 is 0 Å². The van der Waals surface area contributed by atoms with Gasteiger partial charge in [0.15, 0.2) is 0 Å². The average molecular weight is 187 g/mol. The maximum absolute atomic E-state index is 5.44. The van der Waals surface area contributed by atoms with Crippen molar-refractivity contribution in [2.45, 2.75) is 46.6 Å². The fraction of sp³-hybridized carbons (Fsp3) is 1.00. The zero-order chi connectivity index (χ0) is 10.1. The Kier molecular flexibility index (Phi) is 8.46. The Morgan fingerprint density at radius 1 is 1.23 bits per heavy atom. The molecular weight excluding hydrogens is 162 g/mol. The van der Waals surface area contributed by atoms with Crippen LogP contribution >= 0.6 is 0 Å². The van der Waals surface area contributed by atoms with Crippen LogP contribution in [0.2, 0.25) is 0 Å². The van der Waals surface area contributed by atoms with E-state index in [1.165, 1.54) is 12.8 Å². The van der Waals surface area contributed by atoms with E-state index in [-0.39, 0.29) is 0 Å². The molecule has 1 N–H and O–H groups in total. The highest BCUT2D eigenvalue weighted by molar-refractivity contribution is 4.63. The number of hydrogen-bond donors (Lipinski definition) is 1. The summed E-state index contributed by atoms with van der Waals surface area (Å²) in [6.45, 7) is 11.5. The van der Waals surface area contributed by atoms with E-state index in [0.717, 1.165) is 19.8 Å². The van der Waals surface area contributed by atoms with Gasteiger partial charge in [-0.2, -0.15) is 0 Å². The first kappa shape index (κ1) is 12.9. The minimum absolute atomic E-state index is 0.584. The van der Waals surface area contributed by atoms with E-state index in [1.807, 2.05) is 0 Å². The summed E-state index contributed by atoms with van der Waals surface area (Å²) >= 11 is 0. The molecule has 0 aliphatic rings. The van der Waals surface area contributed by atoms with E-state index in [1.54, 1.807) is 0 Å². The summed E-state index contributed by atoms with van der Waals surface area (Å²) in [5, 5.41) is 3.46. The van der Waals surface area contributed by atoms with Crippen molar-refractivity contribution < 1.29 is 4.74 Å². The van der Waals surface area contributed by atoms with E-state index in [4.69, 9.17) is 4.74 Å². The molecule has 0 heterocycles. The molecule has 0 aromatic heterocycles. The van der Waals surface area contributed by atoms with Crippen molar-refractivity contribution in [3.63, 3.8) is 0 Å². The van der Waals surface area contributed by atoms with Gasteiger partial charge in [-0.15, -0.1) is 0 Å². The van der Waals surface area contributed by atoms with E-state index in [9.17, 15) is 0 Å². The summed E-state index contributed by atoms with van der Waals surface area (Å²) in [4.78, 5) is 0. The predicted octanol–water partition coefficient (Wildman–Crippen LogP) is 2.44. The molecule has 0 spiro atoms. The fourth-order valence-corrected chi connectivity index (χ4v) is 1.34. The smallest absolute Gasteiger partial charge is 0.0506 e. The van der Waals surface area contributed by atoms with E-state index in [2.05, 4.69) is 33.0 Å². The second-order valence-electron chi connectivity index (χ2n) is 3.88. The first-order valence-corrected chi connectivity index (χ1v) is 5.51. The van der Waals surface area contributed by atoms with Gasteiger partial charge in [0.2, 0.25) is 0 Å². The molecule has 1 atom stereocenters. The lowest BCUT2D eigenvalue weighted by molar-refractivity contribution is 0.105. The molecule has 0 aromatic rings. The predicted molar refractivity (Wildman–Crippen MR) is 58.0 cm³/mol. The summed E-state index contributed by atoms with van der Waals surface area (Å²) in [7, 11) is 0. The fourth-order valence-electron chi connectivity index (χ4n) is 1.34. The third-order valence-corrected chi connectivity index (χ3v) is 2.07. The Balaban J connectivity index is 3.53. The monoisotopic (exact) mass is 187 g/mol.